The lowest BCUT2D eigenvalue weighted by atomic mass is 10.0. The molecule has 3 heterocycles. The topological polar surface area (TPSA) is 76.0 Å². The molecule has 1 unspecified atom stereocenters. The zero-order valence-corrected chi connectivity index (χ0v) is 18.2. The van der Waals surface area contributed by atoms with Crippen molar-refractivity contribution in [1.82, 2.24) is 24.6 Å². The molecule has 0 bridgehead atoms. The smallest absolute Gasteiger partial charge is 0.242 e. The molecular weight excluding hydrogens is 416 g/mol. The minimum Gasteiger partial charge on any atom is -0.493 e. The second-order valence-electron chi connectivity index (χ2n) is 8.39. The van der Waals surface area contributed by atoms with E-state index in [1.54, 1.807) is 6.20 Å². The number of H-pyrrole nitrogens is 1. The molecule has 0 spiro atoms. The fraction of sp³-hybridized carbons (Fsp3) is 0.435. The van der Waals surface area contributed by atoms with Gasteiger partial charge in [-0.15, -0.1) is 0 Å². The lowest BCUT2D eigenvalue weighted by Crippen LogP contribution is -2.32. The summed E-state index contributed by atoms with van der Waals surface area (Å²) in [6.07, 6.45) is 5.00. The van der Waals surface area contributed by atoms with Crippen LogP contribution in [0.5, 0.6) is 5.75 Å². The largest absolute Gasteiger partial charge is 0.493 e. The predicted molar refractivity (Wildman–Crippen MR) is 114 cm³/mol. The van der Waals surface area contributed by atoms with Crippen molar-refractivity contribution in [1.29, 1.82) is 0 Å². The van der Waals surface area contributed by atoms with E-state index < -0.39 is 11.6 Å². The third-order valence-corrected chi connectivity index (χ3v) is 5.71. The number of nitrogens with one attached hydrogen (secondary N) is 1. The number of aromatic amines is 1. The summed E-state index contributed by atoms with van der Waals surface area (Å²) in [6.45, 7) is 6.08. The van der Waals surface area contributed by atoms with Crippen molar-refractivity contribution >= 4 is 5.91 Å². The van der Waals surface area contributed by atoms with E-state index in [1.165, 1.54) is 6.07 Å². The standard InChI is InChI=1S/C23H27F2N5O2/c1-15(2)23-26-7-9-30(23)14-22(31)29-8-5-16(13-29)21-11-17(27-28-21)6-10-32-18-3-4-19(24)20(25)12-18/h3-4,7,9,11-12,15-16H,5-6,8,10,13-14H2,1-2H3,(H,27,28). The summed E-state index contributed by atoms with van der Waals surface area (Å²) in [5.41, 5.74) is 1.82. The molecule has 1 aliphatic heterocycles. The summed E-state index contributed by atoms with van der Waals surface area (Å²) in [7, 11) is 0. The number of aromatic nitrogens is 4. The van der Waals surface area contributed by atoms with Crippen LogP contribution >= 0.6 is 0 Å². The summed E-state index contributed by atoms with van der Waals surface area (Å²) in [4.78, 5) is 19.0. The number of hydrogen-bond donors (Lipinski definition) is 1. The highest BCUT2D eigenvalue weighted by Gasteiger charge is 2.29. The van der Waals surface area contributed by atoms with Gasteiger partial charge in [0.2, 0.25) is 5.91 Å². The summed E-state index contributed by atoms with van der Waals surface area (Å²) in [5, 5.41) is 7.42. The molecule has 7 nitrogen and oxygen atoms in total. The molecule has 0 aliphatic carbocycles. The van der Waals surface area contributed by atoms with Crippen LogP contribution < -0.4 is 4.74 Å². The first-order valence-electron chi connectivity index (χ1n) is 10.8. The van der Waals surface area contributed by atoms with Gasteiger partial charge in [0.1, 0.15) is 18.1 Å². The van der Waals surface area contributed by atoms with Crippen LogP contribution in [0.4, 0.5) is 8.78 Å². The van der Waals surface area contributed by atoms with Crippen molar-refractivity contribution in [2.45, 2.75) is 45.1 Å². The normalized spacial score (nSPS) is 16.2. The van der Waals surface area contributed by atoms with E-state index in [1.807, 2.05) is 21.7 Å². The van der Waals surface area contributed by atoms with E-state index in [2.05, 4.69) is 29.0 Å². The molecule has 1 amide bonds. The Bertz CT molecular complexity index is 1080. The molecule has 170 valence electrons. The Morgan fingerprint density at radius 2 is 2.12 bits per heavy atom. The van der Waals surface area contributed by atoms with E-state index >= 15 is 0 Å². The molecule has 9 heteroatoms. The van der Waals surface area contributed by atoms with Crippen LogP contribution in [0.3, 0.4) is 0 Å². The third-order valence-electron chi connectivity index (χ3n) is 5.71. The molecule has 1 aromatic carbocycles. The average Bonchev–Trinajstić information content (AvgIpc) is 3.50. The number of benzene rings is 1. The van der Waals surface area contributed by atoms with Crippen LogP contribution in [0.15, 0.2) is 36.7 Å². The molecule has 0 radical (unpaired) electrons. The van der Waals surface area contributed by atoms with E-state index in [4.69, 9.17) is 4.74 Å². The molecule has 2 aromatic heterocycles. The van der Waals surface area contributed by atoms with E-state index in [-0.39, 0.29) is 23.5 Å². The Balaban J connectivity index is 1.27. The SMILES string of the molecule is CC(C)c1nccn1CC(=O)N1CCC(c2cc(CCOc3ccc(F)c(F)c3)[nH]n2)C1. The lowest BCUT2D eigenvalue weighted by Gasteiger charge is -2.18. The number of imidazole rings is 1. The van der Waals surface area contributed by atoms with Gasteiger partial charge in [-0.3, -0.25) is 9.89 Å². The second kappa shape index (κ2) is 9.50. The maximum Gasteiger partial charge on any atom is 0.242 e. The van der Waals surface area contributed by atoms with Crippen molar-refractivity contribution < 1.29 is 18.3 Å². The first-order chi connectivity index (χ1) is 15.4. The molecule has 3 aromatic rings. The molecule has 0 saturated carbocycles. The quantitative estimate of drug-likeness (QED) is 0.577. The van der Waals surface area contributed by atoms with Crippen molar-refractivity contribution in [3.8, 4) is 5.75 Å². The number of rotatable bonds is 8. The van der Waals surface area contributed by atoms with Gasteiger partial charge >= 0.3 is 0 Å². The first-order valence-corrected chi connectivity index (χ1v) is 10.8. The Morgan fingerprint density at radius 3 is 2.91 bits per heavy atom. The molecular formula is C23H27F2N5O2. The molecule has 1 saturated heterocycles. The monoisotopic (exact) mass is 443 g/mol. The van der Waals surface area contributed by atoms with Crippen molar-refractivity contribution in [2.75, 3.05) is 19.7 Å². The number of likely N-dealkylation sites (tertiary alicyclic amines) is 1. The van der Waals surface area contributed by atoms with Gasteiger partial charge in [0.15, 0.2) is 11.6 Å². The number of ether oxygens (including phenoxy) is 1. The van der Waals surface area contributed by atoms with Crippen LogP contribution in [0.1, 0.15) is 49.3 Å². The van der Waals surface area contributed by atoms with Crippen LogP contribution in [0, 0.1) is 11.6 Å². The minimum atomic E-state index is -0.930. The number of carbonyl (C=O) groups excluding carboxylic acids is 1. The van der Waals surface area contributed by atoms with Gasteiger partial charge in [0.05, 0.1) is 12.3 Å². The Morgan fingerprint density at radius 1 is 1.28 bits per heavy atom. The Labute approximate surface area is 185 Å². The van der Waals surface area contributed by atoms with Crippen molar-refractivity contribution in [3.05, 3.63) is 65.5 Å². The summed E-state index contributed by atoms with van der Waals surface area (Å²) in [5.74, 6) is -0.0990. The van der Waals surface area contributed by atoms with Gasteiger partial charge in [-0.25, -0.2) is 13.8 Å². The van der Waals surface area contributed by atoms with Crippen LogP contribution in [-0.2, 0) is 17.8 Å². The van der Waals surface area contributed by atoms with E-state index in [9.17, 15) is 13.6 Å². The first kappa shape index (κ1) is 22.0. The maximum absolute atomic E-state index is 13.3. The van der Waals surface area contributed by atoms with Gasteiger partial charge in [-0.2, -0.15) is 5.10 Å². The van der Waals surface area contributed by atoms with Crippen molar-refractivity contribution in [3.63, 3.8) is 0 Å². The maximum atomic E-state index is 13.3. The summed E-state index contributed by atoms with van der Waals surface area (Å²) >= 11 is 0. The summed E-state index contributed by atoms with van der Waals surface area (Å²) in [6, 6.07) is 5.46. The summed E-state index contributed by atoms with van der Waals surface area (Å²) < 4.78 is 33.6. The zero-order valence-electron chi connectivity index (χ0n) is 18.2. The third kappa shape index (κ3) is 4.98. The average molecular weight is 443 g/mol. The number of nitrogens with zero attached hydrogens (tertiary/aromatic N) is 4. The number of carbonyl (C=O) groups is 1. The molecule has 1 atom stereocenters. The van der Waals surface area contributed by atoms with E-state index in [0.29, 0.717) is 32.7 Å². The fourth-order valence-corrected chi connectivity index (χ4v) is 3.99. The second-order valence-corrected chi connectivity index (χ2v) is 8.39. The van der Waals surface area contributed by atoms with Gasteiger partial charge in [0.25, 0.3) is 0 Å². The number of halogens is 2. The minimum absolute atomic E-state index is 0.0862. The van der Waals surface area contributed by atoms with Crippen LogP contribution in [0.2, 0.25) is 0 Å². The Hall–Kier alpha value is -3.23. The Kier molecular flexibility index (Phi) is 6.53. The van der Waals surface area contributed by atoms with Gasteiger partial charge in [0, 0.05) is 55.5 Å². The van der Waals surface area contributed by atoms with Gasteiger partial charge in [-0.05, 0) is 24.6 Å². The highest BCUT2D eigenvalue weighted by atomic mass is 19.2. The van der Waals surface area contributed by atoms with E-state index in [0.717, 1.165) is 35.8 Å². The molecule has 1 fully saturated rings. The predicted octanol–water partition coefficient (Wildman–Crippen LogP) is 3.65. The zero-order chi connectivity index (χ0) is 22.7. The van der Waals surface area contributed by atoms with Crippen molar-refractivity contribution in [2.24, 2.45) is 0 Å². The van der Waals surface area contributed by atoms with Gasteiger partial charge < -0.3 is 14.2 Å². The van der Waals surface area contributed by atoms with Gasteiger partial charge in [-0.1, -0.05) is 13.8 Å². The number of amides is 1. The highest BCUT2D eigenvalue weighted by Crippen LogP contribution is 2.27. The lowest BCUT2D eigenvalue weighted by molar-refractivity contribution is -0.130. The fourth-order valence-electron chi connectivity index (χ4n) is 3.99. The molecule has 4 rings (SSSR count). The molecule has 1 aliphatic rings. The molecule has 1 N–H and O–H groups in total. The highest BCUT2D eigenvalue weighted by molar-refractivity contribution is 5.76. The molecule has 32 heavy (non-hydrogen) atoms. The van der Waals surface area contributed by atoms with Crippen LogP contribution in [0.25, 0.3) is 0 Å². The van der Waals surface area contributed by atoms with Crippen LogP contribution in [-0.4, -0.2) is 50.3 Å². The number of hydrogen-bond acceptors (Lipinski definition) is 4.